The topological polar surface area (TPSA) is 32.8 Å². The monoisotopic (exact) mass is 254 g/mol. The molecule has 0 radical (unpaired) electrons. The molecule has 1 spiro atoms. The van der Waals surface area contributed by atoms with E-state index in [1.807, 2.05) is 13.8 Å². The summed E-state index contributed by atoms with van der Waals surface area (Å²) in [6, 6.07) is -0.0889. The molecule has 0 aliphatic carbocycles. The zero-order valence-electron chi connectivity index (χ0n) is 11.9. The summed E-state index contributed by atoms with van der Waals surface area (Å²) < 4.78 is 5.10. The predicted octanol–water partition coefficient (Wildman–Crippen LogP) is 1.50. The molecule has 18 heavy (non-hydrogen) atoms. The van der Waals surface area contributed by atoms with Crippen LogP contribution in [-0.4, -0.2) is 60.6 Å². The summed E-state index contributed by atoms with van der Waals surface area (Å²) in [6.45, 7) is 7.57. The van der Waals surface area contributed by atoms with Crippen LogP contribution in [0.3, 0.4) is 0 Å². The number of carbonyl (C=O) groups excluding carboxylic acids is 1. The number of esters is 1. The maximum absolute atomic E-state index is 11.7. The standard InChI is InChI=1S/C14H26N2O2/c1-4-18-13(17)12(2)16-10-7-14(8-11-16)6-5-9-15(14)3/h12H,4-11H2,1-3H3. The lowest BCUT2D eigenvalue weighted by Gasteiger charge is -2.44. The van der Waals surface area contributed by atoms with Crippen molar-refractivity contribution in [3.63, 3.8) is 0 Å². The van der Waals surface area contributed by atoms with Crippen molar-refractivity contribution in [2.24, 2.45) is 0 Å². The maximum Gasteiger partial charge on any atom is 0.323 e. The lowest BCUT2D eigenvalue weighted by Crippen LogP contribution is -2.54. The van der Waals surface area contributed by atoms with Crippen molar-refractivity contribution in [1.29, 1.82) is 0 Å². The van der Waals surface area contributed by atoms with E-state index in [-0.39, 0.29) is 12.0 Å². The van der Waals surface area contributed by atoms with Gasteiger partial charge in [0.1, 0.15) is 6.04 Å². The normalized spacial score (nSPS) is 26.4. The molecule has 2 saturated heterocycles. The van der Waals surface area contributed by atoms with Crippen LogP contribution in [0.25, 0.3) is 0 Å². The van der Waals surface area contributed by atoms with Crippen LogP contribution in [0, 0.1) is 0 Å². The summed E-state index contributed by atoms with van der Waals surface area (Å²) >= 11 is 0. The van der Waals surface area contributed by atoms with Gasteiger partial charge in [-0.25, -0.2) is 0 Å². The van der Waals surface area contributed by atoms with Crippen molar-refractivity contribution in [1.82, 2.24) is 9.80 Å². The third-order valence-corrected chi connectivity index (χ3v) is 4.85. The molecule has 0 aromatic rings. The lowest BCUT2D eigenvalue weighted by molar-refractivity contribution is -0.149. The molecule has 104 valence electrons. The summed E-state index contributed by atoms with van der Waals surface area (Å²) in [5.74, 6) is -0.0757. The molecular weight excluding hydrogens is 228 g/mol. The number of piperidine rings is 1. The molecular formula is C14H26N2O2. The number of rotatable bonds is 3. The van der Waals surface area contributed by atoms with Crippen LogP contribution in [0.15, 0.2) is 0 Å². The first-order valence-corrected chi connectivity index (χ1v) is 7.21. The van der Waals surface area contributed by atoms with Crippen LogP contribution in [0.1, 0.15) is 39.5 Å². The van der Waals surface area contributed by atoms with E-state index < -0.39 is 0 Å². The minimum Gasteiger partial charge on any atom is -0.465 e. The quantitative estimate of drug-likeness (QED) is 0.715. The average molecular weight is 254 g/mol. The number of carbonyl (C=O) groups is 1. The van der Waals surface area contributed by atoms with Crippen molar-refractivity contribution in [3.05, 3.63) is 0 Å². The van der Waals surface area contributed by atoms with Crippen molar-refractivity contribution in [2.75, 3.05) is 33.3 Å². The van der Waals surface area contributed by atoms with Gasteiger partial charge in [-0.3, -0.25) is 9.69 Å². The van der Waals surface area contributed by atoms with Gasteiger partial charge in [-0.2, -0.15) is 0 Å². The van der Waals surface area contributed by atoms with Gasteiger partial charge in [-0.1, -0.05) is 0 Å². The highest BCUT2D eigenvalue weighted by molar-refractivity contribution is 5.75. The van der Waals surface area contributed by atoms with Gasteiger partial charge in [-0.05, 0) is 53.1 Å². The van der Waals surface area contributed by atoms with Gasteiger partial charge in [0.05, 0.1) is 6.61 Å². The third-order valence-electron chi connectivity index (χ3n) is 4.85. The van der Waals surface area contributed by atoms with Crippen molar-refractivity contribution in [2.45, 2.75) is 51.1 Å². The molecule has 2 fully saturated rings. The molecule has 0 aromatic heterocycles. The van der Waals surface area contributed by atoms with Crippen LogP contribution >= 0.6 is 0 Å². The second kappa shape index (κ2) is 5.57. The lowest BCUT2D eigenvalue weighted by atomic mass is 9.85. The number of likely N-dealkylation sites (tertiary alicyclic amines) is 2. The van der Waals surface area contributed by atoms with Crippen LogP contribution in [-0.2, 0) is 9.53 Å². The van der Waals surface area contributed by atoms with E-state index in [4.69, 9.17) is 4.74 Å². The summed E-state index contributed by atoms with van der Waals surface area (Å²) in [6.07, 6.45) is 5.02. The van der Waals surface area contributed by atoms with Crippen molar-refractivity contribution >= 4 is 5.97 Å². The molecule has 1 atom stereocenters. The van der Waals surface area contributed by atoms with Crippen LogP contribution in [0.4, 0.5) is 0 Å². The Labute approximate surface area is 110 Å². The number of hydrogen-bond acceptors (Lipinski definition) is 4. The Morgan fingerprint density at radius 3 is 2.44 bits per heavy atom. The van der Waals surface area contributed by atoms with Crippen LogP contribution in [0.2, 0.25) is 0 Å². The molecule has 0 bridgehead atoms. The molecule has 4 heteroatoms. The smallest absolute Gasteiger partial charge is 0.323 e. The fraction of sp³-hybridized carbons (Fsp3) is 0.929. The summed E-state index contributed by atoms with van der Waals surface area (Å²) in [5, 5.41) is 0. The zero-order chi connectivity index (χ0) is 13.2. The Balaban J connectivity index is 1.88. The van der Waals surface area contributed by atoms with E-state index >= 15 is 0 Å². The Kier molecular flexibility index (Phi) is 4.28. The first-order chi connectivity index (χ1) is 8.59. The van der Waals surface area contributed by atoms with Gasteiger partial charge in [-0.15, -0.1) is 0 Å². The molecule has 1 unspecified atom stereocenters. The predicted molar refractivity (Wildman–Crippen MR) is 71.5 cm³/mol. The molecule has 0 aromatic carbocycles. The molecule has 2 aliphatic rings. The fourth-order valence-electron chi connectivity index (χ4n) is 3.44. The third kappa shape index (κ3) is 2.54. The Hall–Kier alpha value is -0.610. The highest BCUT2D eigenvalue weighted by atomic mass is 16.5. The summed E-state index contributed by atoms with van der Waals surface area (Å²) in [4.78, 5) is 16.5. The van der Waals surface area contributed by atoms with Crippen molar-refractivity contribution in [3.8, 4) is 0 Å². The molecule has 2 heterocycles. The van der Waals surface area contributed by atoms with Gasteiger partial charge in [0.25, 0.3) is 0 Å². The highest BCUT2D eigenvalue weighted by Gasteiger charge is 2.42. The van der Waals surface area contributed by atoms with Gasteiger partial charge in [0.15, 0.2) is 0 Å². The van der Waals surface area contributed by atoms with E-state index in [2.05, 4.69) is 16.8 Å². The van der Waals surface area contributed by atoms with Gasteiger partial charge in [0, 0.05) is 18.6 Å². The average Bonchev–Trinajstić information content (AvgIpc) is 2.71. The van der Waals surface area contributed by atoms with E-state index in [9.17, 15) is 4.79 Å². The number of hydrogen-bond donors (Lipinski definition) is 0. The number of nitrogens with zero attached hydrogens (tertiary/aromatic N) is 2. The van der Waals surface area contributed by atoms with Gasteiger partial charge in [0.2, 0.25) is 0 Å². The maximum atomic E-state index is 11.7. The highest BCUT2D eigenvalue weighted by Crippen LogP contribution is 2.37. The summed E-state index contributed by atoms with van der Waals surface area (Å²) in [5.41, 5.74) is 0.422. The second-order valence-corrected chi connectivity index (χ2v) is 5.71. The molecule has 4 nitrogen and oxygen atoms in total. The summed E-state index contributed by atoms with van der Waals surface area (Å²) in [7, 11) is 2.25. The minimum atomic E-state index is -0.0889. The molecule has 2 rings (SSSR count). The zero-order valence-corrected chi connectivity index (χ0v) is 11.9. The van der Waals surface area contributed by atoms with Gasteiger partial charge >= 0.3 is 5.97 Å². The Morgan fingerprint density at radius 1 is 1.28 bits per heavy atom. The van der Waals surface area contributed by atoms with Crippen molar-refractivity contribution < 1.29 is 9.53 Å². The molecule has 0 saturated carbocycles. The molecule has 0 amide bonds. The SMILES string of the molecule is CCOC(=O)C(C)N1CCC2(CCCN2C)CC1. The van der Waals surface area contributed by atoms with Crippen LogP contribution in [0.5, 0.6) is 0 Å². The first kappa shape index (κ1) is 13.8. The fourth-order valence-corrected chi connectivity index (χ4v) is 3.44. The Morgan fingerprint density at radius 2 is 1.94 bits per heavy atom. The minimum absolute atomic E-state index is 0.0757. The van der Waals surface area contributed by atoms with E-state index in [1.165, 1.54) is 32.2 Å². The molecule has 2 aliphatic heterocycles. The van der Waals surface area contributed by atoms with Crippen LogP contribution < -0.4 is 0 Å². The molecule has 0 N–H and O–H groups in total. The number of ether oxygens (including phenoxy) is 1. The largest absolute Gasteiger partial charge is 0.465 e. The Bertz CT molecular complexity index is 298. The second-order valence-electron chi connectivity index (χ2n) is 5.71. The van der Waals surface area contributed by atoms with Gasteiger partial charge < -0.3 is 9.64 Å². The van der Waals surface area contributed by atoms with E-state index in [0.29, 0.717) is 12.1 Å². The van der Waals surface area contributed by atoms with E-state index in [1.54, 1.807) is 0 Å². The first-order valence-electron chi connectivity index (χ1n) is 7.21. The van der Waals surface area contributed by atoms with E-state index in [0.717, 1.165) is 13.1 Å².